The molecule has 6 nitrogen and oxygen atoms in total. The summed E-state index contributed by atoms with van der Waals surface area (Å²) in [6.45, 7) is 12.5. The number of likely N-dealkylation sites (N-methyl/N-ethyl adjacent to an activating group) is 1. The highest BCUT2D eigenvalue weighted by Gasteiger charge is 2.21. The smallest absolute Gasteiger partial charge is 0.259 e. The molecular formula is C24H32N4O2S2. The third-order valence-electron chi connectivity index (χ3n) is 5.83. The maximum Gasteiger partial charge on any atom is 0.259 e. The third kappa shape index (κ3) is 5.60. The van der Waals surface area contributed by atoms with Gasteiger partial charge >= 0.3 is 0 Å². The summed E-state index contributed by atoms with van der Waals surface area (Å²) in [5.41, 5.74) is 2.09. The monoisotopic (exact) mass is 472 g/mol. The summed E-state index contributed by atoms with van der Waals surface area (Å²) in [6.07, 6.45) is 0. The predicted molar refractivity (Wildman–Crippen MR) is 136 cm³/mol. The fourth-order valence-electron chi connectivity index (χ4n) is 3.79. The van der Waals surface area contributed by atoms with Gasteiger partial charge in [0, 0.05) is 11.4 Å². The minimum atomic E-state index is -0.254. The predicted octanol–water partition coefficient (Wildman–Crippen LogP) is 4.42. The van der Waals surface area contributed by atoms with E-state index in [1.54, 1.807) is 0 Å². The van der Waals surface area contributed by atoms with Crippen molar-refractivity contribution in [1.82, 2.24) is 20.2 Å². The van der Waals surface area contributed by atoms with Gasteiger partial charge in [0.25, 0.3) is 5.56 Å². The number of rotatable bonds is 10. The van der Waals surface area contributed by atoms with Gasteiger partial charge in [0.05, 0.1) is 22.4 Å². The van der Waals surface area contributed by atoms with Crippen molar-refractivity contribution in [3.05, 3.63) is 62.5 Å². The number of thioether (sulfide) groups is 1. The molecule has 1 aromatic carbocycles. The first-order chi connectivity index (χ1) is 15.3. The third-order valence-corrected chi connectivity index (χ3v) is 8.09. The summed E-state index contributed by atoms with van der Waals surface area (Å²) in [5, 5.41) is 3.55. The number of aromatic amines is 1. The van der Waals surface area contributed by atoms with E-state index in [1.165, 1.54) is 28.7 Å². The van der Waals surface area contributed by atoms with E-state index in [1.807, 2.05) is 39.0 Å². The van der Waals surface area contributed by atoms with Crippen LogP contribution in [-0.2, 0) is 10.5 Å². The first kappa shape index (κ1) is 24.5. The first-order valence-corrected chi connectivity index (χ1v) is 12.9. The fourth-order valence-corrected chi connectivity index (χ4v) is 5.61. The van der Waals surface area contributed by atoms with Crippen LogP contribution >= 0.6 is 23.1 Å². The number of thiophene rings is 1. The summed E-state index contributed by atoms with van der Waals surface area (Å²) >= 11 is 3.02. The lowest BCUT2D eigenvalue weighted by molar-refractivity contribution is -0.120. The lowest BCUT2D eigenvalue weighted by Gasteiger charge is -2.30. The Morgan fingerprint density at radius 3 is 2.56 bits per heavy atom. The largest absolute Gasteiger partial charge is 0.353 e. The molecule has 0 spiro atoms. The molecule has 0 fully saturated rings. The Hall–Kier alpha value is -2.16. The zero-order chi connectivity index (χ0) is 23.3. The first-order valence-electron chi connectivity index (χ1n) is 11.0. The summed E-state index contributed by atoms with van der Waals surface area (Å²) in [6, 6.07) is 10.4. The molecule has 0 saturated carbocycles. The molecule has 2 N–H and O–H groups in total. The zero-order valence-electron chi connectivity index (χ0n) is 19.4. The van der Waals surface area contributed by atoms with Crippen molar-refractivity contribution in [3.63, 3.8) is 0 Å². The van der Waals surface area contributed by atoms with Crippen LogP contribution in [0.1, 0.15) is 48.6 Å². The molecule has 0 bridgehead atoms. The molecule has 1 amide bonds. The van der Waals surface area contributed by atoms with Crippen LogP contribution in [0.4, 0.5) is 0 Å². The van der Waals surface area contributed by atoms with Crippen LogP contribution in [0, 0.1) is 13.8 Å². The van der Waals surface area contributed by atoms with E-state index in [4.69, 9.17) is 0 Å². The maximum atomic E-state index is 12.8. The Morgan fingerprint density at radius 1 is 1.22 bits per heavy atom. The van der Waals surface area contributed by atoms with E-state index < -0.39 is 0 Å². The van der Waals surface area contributed by atoms with Gasteiger partial charge in [-0.3, -0.25) is 14.5 Å². The van der Waals surface area contributed by atoms with Crippen LogP contribution in [0.25, 0.3) is 10.2 Å². The zero-order valence-corrected chi connectivity index (χ0v) is 21.0. The van der Waals surface area contributed by atoms with Crippen LogP contribution < -0.4 is 10.9 Å². The molecule has 0 aliphatic rings. The number of hydrogen-bond acceptors (Lipinski definition) is 6. The second-order valence-electron chi connectivity index (χ2n) is 7.82. The molecule has 8 heteroatoms. The molecule has 172 valence electrons. The molecule has 0 saturated heterocycles. The van der Waals surface area contributed by atoms with E-state index in [0.717, 1.165) is 28.4 Å². The van der Waals surface area contributed by atoms with Crippen LogP contribution in [0.2, 0.25) is 0 Å². The highest BCUT2D eigenvalue weighted by atomic mass is 32.2. The average molecular weight is 473 g/mol. The molecule has 0 radical (unpaired) electrons. The second-order valence-corrected chi connectivity index (χ2v) is 10.4. The number of hydrogen-bond donors (Lipinski definition) is 2. The molecule has 0 aliphatic heterocycles. The molecule has 2 atom stereocenters. The number of nitrogens with zero attached hydrogens (tertiary/aromatic N) is 2. The lowest BCUT2D eigenvalue weighted by atomic mass is 10.1. The van der Waals surface area contributed by atoms with Gasteiger partial charge in [0.15, 0.2) is 0 Å². The normalized spacial score (nSPS) is 13.4. The van der Waals surface area contributed by atoms with Crippen LogP contribution in [0.5, 0.6) is 0 Å². The number of fused-ring (bicyclic) bond motifs is 1. The Labute approximate surface area is 197 Å². The molecule has 32 heavy (non-hydrogen) atoms. The molecule has 3 aromatic rings. The quantitative estimate of drug-likeness (QED) is 0.457. The Morgan fingerprint density at radius 2 is 1.91 bits per heavy atom. The number of aromatic nitrogens is 2. The van der Waals surface area contributed by atoms with Crippen LogP contribution in [0.15, 0.2) is 35.1 Å². The van der Waals surface area contributed by atoms with Crippen molar-refractivity contribution in [2.45, 2.75) is 51.7 Å². The van der Waals surface area contributed by atoms with Gasteiger partial charge in [-0.15, -0.1) is 23.1 Å². The SMILES string of the molecule is CCN(CC)C(CNC(=O)C(C)SCc1nc2sc(C)c(C)c2c(=O)[nH]1)c1ccccc1. The Kier molecular flexibility index (Phi) is 8.51. The van der Waals surface area contributed by atoms with E-state index in [9.17, 15) is 9.59 Å². The Bertz CT molecular complexity index is 1110. The van der Waals surface area contributed by atoms with Crippen molar-refractivity contribution < 1.29 is 4.79 Å². The van der Waals surface area contributed by atoms with Gasteiger partial charge in [0.1, 0.15) is 10.7 Å². The summed E-state index contributed by atoms with van der Waals surface area (Å²) in [5.74, 6) is 1.08. The maximum absolute atomic E-state index is 12.8. The number of carbonyl (C=O) groups excluding carboxylic acids is 1. The number of nitrogens with one attached hydrogen (secondary N) is 2. The van der Waals surface area contributed by atoms with Gasteiger partial charge in [-0.05, 0) is 45.0 Å². The van der Waals surface area contributed by atoms with E-state index in [-0.39, 0.29) is 22.8 Å². The van der Waals surface area contributed by atoms with Crippen molar-refractivity contribution in [2.75, 3.05) is 19.6 Å². The van der Waals surface area contributed by atoms with Crippen molar-refractivity contribution in [1.29, 1.82) is 0 Å². The highest BCUT2D eigenvalue weighted by Crippen LogP contribution is 2.26. The fraction of sp³-hybridized carbons (Fsp3) is 0.458. The standard InChI is InChI=1S/C24H32N4O2S2/c1-6-28(7-2)19(18-11-9-8-10-12-18)13-25-22(29)17(5)31-14-20-26-23(30)21-15(3)16(4)32-24(21)27-20/h8-12,17,19H,6-7,13-14H2,1-5H3,(H,25,29)(H,26,27,30). The van der Waals surface area contributed by atoms with Crippen molar-refractivity contribution in [2.24, 2.45) is 0 Å². The molecule has 2 heterocycles. The van der Waals surface area contributed by atoms with E-state index >= 15 is 0 Å². The molecule has 2 unspecified atom stereocenters. The Balaban J connectivity index is 1.62. The topological polar surface area (TPSA) is 78.1 Å². The lowest BCUT2D eigenvalue weighted by Crippen LogP contribution is -2.40. The molecule has 0 aliphatic carbocycles. The summed E-state index contributed by atoms with van der Waals surface area (Å²) in [4.78, 5) is 37.0. The van der Waals surface area contributed by atoms with Gasteiger partial charge < -0.3 is 10.3 Å². The number of carbonyl (C=O) groups is 1. The molecule has 2 aromatic heterocycles. The van der Waals surface area contributed by atoms with Gasteiger partial charge in [-0.2, -0.15) is 0 Å². The average Bonchev–Trinajstić information content (AvgIpc) is 3.08. The number of amides is 1. The van der Waals surface area contributed by atoms with Crippen LogP contribution in [-0.4, -0.2) is 45.7 Å². The van der Waals surface area contributed by atoms with Crippen LogP contribution in [0.3, 0.4) is 0 Å². The summed E-state index contributed by atoms with van der Waals surface area (Å²) in [7, 11) is 0. The second kappa shape index (κ2) is 11.1. The molecule has 3 rings (SSSR count). The van der Waals surface area contributed by atoms with Gasteiger partial charge in [0.2, 0.25) is 5.91 Å². The van der Waals surface area contributed by atoms with Crippen molar-refractivity contribution in [3.8, 4) is 0 Å². The number of aryl methyl sites for hydroxylation is 2. The van der Waals surface area contributed by atoms with Crippen molar-refractivity contribution >= 4 is 39.2 Å². The minimum Gasteiger partial charge on any atom is -0.353 e. The molecular weight excluding hydrogens is 440 g/mol. The van der Waals surface area contributed by atoms with Gasteiger partial charge in [-0.25, -0.2) is 4.98 Å². The number of benzene rings is 1. The van der Waals surface area contributed by atoms with E-state index in [2.05, 4.69) is 46.2 Å². The van der Waals surface area contributed by atoms with E-state index in [0.29, 0.717) is 23.5 Å². The number of H-pyrrole nitrogens is 1. The van der Waals surface area contributed by atoms with Gasteiger partial charge in [-0.1, -0.05) is 44.2 Å². The highest BCUT2D eigenvalue weighted by molar-refractivity contribution is 7.99. The minimum absolute atomic E-state index is 0.00525. The summed E-state index contributed by atoms with van der Waals surface area (Å²) < 4.78 is 0.